The van der Waals surface area contributed by atoms with Gasteiger partial charge in [0.25, 0.3) is 5.91 Å². The number of ether oxygens (including phenoxy) is 2. The predicted molar refractivity (Wildman–Crippen MR) is 123 cm³/mol. The third-order valence-electron chi connectivity index (χ3n) is 5.06. The average Bonchev–Trinajstić information content (AvgIpc) is 2.78. The molecule has 4 N–H and O–H groups in total. The van der Waals surface area contributed by atoms with Crippen molar-refractivity contribution in [1.29, 1.82) is 0 Å². The summed E-state index contributed by atoms with van der Waals surface area (Å²) < 4.78 is 32.4. The Kier molecular flexibility index (Phi) is 7.62. The molecule has 0 aliphatic carbocycles. The minimum atomic E-state index is -2.17. The monoisotopic (exact) mass is 457 g/mol. The number of carbonyl (C=O) groups excluding carboxylic acids is 1. The molecule has 0 radical (unpaired) electrons. The number of nitrogens with two attached hydrogens (primary N) is 1. The number of hydrogen-bond donors (Lipinski definition) is 3. The number of nitrogens with one attached hydrogen (secondary N) is 2. The van der Waals surface area contributed by atoms with Crippen LogP contribution in [0.15, 0.2) is 36.5 Å². The van der Waals surface area contributed by atoms with Gasteiger partial charge in [-0.1, -0.05) is 19.1 Å². The first-order chi connectivity index (χ1) is 15.4. The molecule has 2 aromatic carbocycles. The molecule has 32 heavy (non-hydrogen) atoms. The molecular weight excluding hydrogens is 432 g/mol. The maximum absolute atomic E-state index is 12.2. The van der Waals surface area contributed by atoms with Crippen LogP contribution in [0.2, 0.25) is 0 Å². The van der Waals surface area contributed by atoms with E-state index in [0.717, 1.165) is 16.8 Å². The number of primary amides is 1. The Morgan fingerprint density at radius 1 is 1.22 bits per heavy atom. The number of amides is 1. The van der Waals surface area contributed by atoms with Crippen LogP contribution in [0, 0.1) is 0 Å². The van der Waals surface area contributed by atoms with Crippen LogP contribution < -0.4 is 25.8 Å². The van der Waals surface area contributed by atoms with Gasteiger partial charge in [0.1, 0.15) is 0 Å². The highest BCUT2D eigenvalue weighted by Crippen LogP contribution is 2.37. The lowest BCUT2D eigenvalue weighted by molar-refractivity contribution is 0.100. The Hall–Kier alpha value is -3.21. The fraction of sp³-hybridized carbons (Fsp3) is 0.273. The van der Waals surface area contributed by atoms with Crippen LogP contribution in [-0.4, -0.2) is 39.7 Å². The lowest BCUT2D eigenvalue weighted by atomic mass is 10.0. The topological polar surface area (TPSA) is 139 Å². The van der Waals surface area contributed by atoms with Crippen LogP contribution in [0.4, 0.5) is 11.4 Å². The highest BCUT2D eigenvalue weighted by atomic mass is 32.2. The van der Waals surface area contributed by atoms with E-state index in [1.54, 1.807) is 12.1 Å². The van der Waals surface area contributed by atoms with Gasteiger partial charge in [0.05, 0.1) is 36.9 Å². The fourth-order valence-electron chi connectivity index (χ4n) is 3.58. The summed E-state index contributed by atoms with van der Waals surface area (Å²) in [6, 6.07) is 9.17. The molecule has 0 saturated carbocycles. The number of nitrogens with zero attached hydrogens (tertiary/aromatic N) is 1. The molecule has 170 valence electrons. The van der Waals surface area contributed by atoms with E-state index in [2.05, 4.69) is 15.6 Å². The van der Waals surface area contributed by atoms with Gasteiger partial charge in [0.2, 0.25) is 0 Å². The summed E-state index contributed by atoms with van der Waals surface area (Å²) in [6.45, 7) is 2.39. The lowest BCUT2D eigenvalue weighted by Gasteiger charge is -2.19. The van der Waals surface area contributed by atoms with Gasteiger partial charge in [-0.3, -0.25) is 14.0 Å². The molecule has 0 fully saturated rings. The molecule has 1 amide bonds. The van der Waals surface area contributed by atoms with Crippen molar-refractivity contribution in [2.24, 2.45) is 5.73 Å². The molecular formula is C22H25N4O5S-. The molecule has 0 aliphatic rings. The number of anilines is 2. The van der Waals surface area contributed by atoms with Crippen molar-refractivity contribution < 1.29 is 23.0 Å². The summed E-state index contributed by atoms with van der Waals surface area (Å²) in [7, 11) is 3.07. The quantitative estimate of drug-likeness (QED) is 0.395. The van der Waals surface area contributed by atoms with Crippen molar-refractivity contribution in [1.82, 2.24) is 10.3 Å². The molecule has 1 atom stereocenters. The molecule has 0 spiro atoms. The van der Waals surface area contributed by atoms with Crippen LogP contribution in [0.5, 0.6) is 11.5 Å². The number of fused-ring (bicyclic) bond motifs is 1. The zero-order valence-corrected chi connectivity index (χ0v) is 18.9. The summed E-state index contributed by atoms with van der Waals surface area (Å²) in [5.74, 6) is 0.253. The van der Waals surface area contributed by atoms with E-state index < -0.39 is 17.0 Å². The molecule has 3 aromatic rings. The van der Waals surface area contributed by atoms with Crippen molar-refractivity contribution in [2.75, 3.05) is 25.4 Å². The fourth-order valence-corrected chi connectivity index (χ4v) is 3.85. The van der Waals surface area contributed by atoms with Crippen molar-refractivity contribution in [3.05, 3.63) is 53.2 Å². The third-order valence-corrected chi connectivity index (χ3v) is 5.50. The summed E-state index contributed by atoms with van der Waals surface area (Å²) in [5, 5.41) is 6.90. The molecule has 9 nitrogen and oxygen atoms in total. The second-order valence-electron chi connectivity index (χ2n) is 6.93. The highest BCUT2D eigenvalue weighted by molar-refractivity contribution is 7.79. The maximum atomic E-state index is 12.2. The van der Waals surface area contributed by atoms with Crippen molar-refractivity contribution in [2.45, 2.75) is 19.9 Å². The van der Waals surface area contributed by atoms with Crippen molar-refractivity contribution >= 4 is 39.3 Å². The van der Waals surface area contributed by atoms with Crippen molar-refractivity contribution in [3.63, 3.8) is 0 Å². The number of carbonyl (C=O) groups is 1. The highest BCUT2D eigenvalue weighted by Gasteiger charge is 2.18. The zero-order chi connectivity index (χ0) is 23.3. The van der Waals surface area contributed by atoms with E-state index in [0.29, 0.717) is 41.1 Å². The van der Waals surface area contributed by atoms with Gasteiger partial charge >= 0.3 is 0 Å². The number of aromatic nitrogens is 1. The Bertz CT molecular complexity index is 1170. The maximum Gasteiger partial charge on any atom is 0.252 e. The predicted octanol–water partition coefficient (Wildman–Crippen LogP) is 2.58. The number of rotatable bonds is 10. The van der Waals surface area contributed by atoms with Crippen LogP contribution >= 0.6 is 0 Å². The van der Waals surface area contributed by atoms with Crippen LogP contribution in [0.1, 0.15) is 28.4 Å². The zero-order valence-electron chi connectivity index (χ0n) is 18.1. The first-order valence-electron chi connectivity index (χ1n) is 9.88. The number of pyridine rings is 1. The van der Waals surface area contributed by atoms with Gasteiger partial charge in [0.15, 0.2) is 11.5 Å². The van der Waals surface area contributed by atoms with Gasteiger partial charge in [0, 0.05) is 29.9 Å². The van der Waals surface area contributed by atoms with E-state index in [1.807, 2.05) is 25.1 Å². The normalized spacial score (nSPS) is 11.9. The second kappa shape index (κ2) is 10.4. The van der Waals surface area contributed by atoms with Crippen LogP contribution in [0.3, 0.4) is 0 Å². The molecule has 10 heteroatoms. The van der Waals surface area contributed by atoms with Crippen molar-refractivity contribution in [3.8, 4) is 11.5 Å². The van der Waals surface area contributed by atoms with Gasteiger partial charge in [-0.05, 0) is 40.8 Å². The van der Waals surface area contributed by atoms with E-state index in [9.17, 15) is 13.6 Å². The number of hydrogen-bond acceptors (Lipinski definition) is 8. The third kappa shape index (κ3) is 4.98. The molecule has 3 rings (SSSR count). The number of benzene rings is 2. The van der Waals surface area contributed by atoms with Gasteiger partial charge in [-0.25, -0.2) is 0 Å². The molecule has 0 saturated heterocycles. The number of methoxy groups -OCH3 is 2. The summed E-state index contributed by atoms with van der Waals surface area (Å²) in [6.07, 6.45) is 2.12. The Morgan fingerprint density at radius 3 is 2.56 bits per heavy atom. The minimum absolute atomic E-state index is 0.136. The lowest BCUT2D eigenvalue weighted by Crippen LogP contribution is -2.19. The summed E-state index contributed by atoms with van der Waals surface area (Å²) in [5.41, 5.74) is 9.68. The largest absolute Gasteiger partial charge is 0.771 e. The Balaban J connectivity index is 2.12. The second-order valence-corrected chi connectivity index (χ2v) is 7.83. The average molecular weight is 458 g/mol. The molecule has 1 heterocycles. The SMILES string of the molecule is CCc1c(CNCS(=O)[O-])cccc1Nc1c(C(N)=O)cnc2cc(OC)c(OC)cc12. The van der Waals surface area contributed by atoms with E-state index >= 15 is 0 Å². The van der Waals surface area contributed by atoms with E-state index in [4.69, 9.17) is 15.2 Å². The first kappa shape index (κ1) is 23.5. The van der Waals surface area contributed by atoms with Gasteiger partial charge in [-0.15, -0.1) is 0 Å². The van der Waals surface area contributed by atoms with Crippen LogP contribution in [0.25, 0.3) is 10.9 Å². The smallest absolute Gasteiger partial charge is 0.252 e. The van der Waals surface area contributed by atoms with E-state index in [1.165, 1.54) is 20.4 Å². The van der Waals surface area contributed by atoms with Gasteiger partial charge < -0.3 is 30.4 Å². The molecule has 0 bridgehead atoms. The summed E-state index contributed by atoms with van der Waals surface area (Å²) >= 11 is -2.17. The Labute approximate surface area is 188 Å². The summed E-state index contributed by atoms with van der Waals surface area (Å²) in [4.78, 5) is 16.5. The minimum Gasteiger partial charge on any atom is -0.771 e. The molecule has 1 unspecified atom stereocenters. The molecule has 0 aliphatic heterocycles. The Morgan fingerprint density at radius 2 is 1.94 bits per heavy atom. The first-order valence-corrected chi connectivity index (χ1v) is 11.1. The molecule has 1 aromatic heterocycles. The standard InChI is InChI=1S/C22H26N4O5S/c1-4-14-13(10-24-12-32(28)29)6-5-7-17(14)26-21-15-8-19(30-2)20(31-3)9-18(15)25-11-16(21)22(23)27/h5-9,11,24H,4,10,12H2,1-3H3,(H2,23,27)(H,25,26)(H,28,29)/p-1. The van der Waals surface area contributed by atoms with Gasteiger partial charge in [-0.2, -0.15) is 0 Å². The van der Waals surface area contributed by atoms with Crippen LogP contribution in [-0.2, 0) is 24.0 Å². The van der Waals surface area contributed by atoms with E-state index in [-0.39, 0.29) is 11.4 Å².